The van der Waals surface area contributed by atoms with Crippen LogP contribution in [0.2, 0.25) is 0 Å². The molecule has 19 heavy (non-hydrogen) atoms. The topological polar surface area (TPSA) is 33.8 Å². The Kier molecular flexibility index (Phi) is 5.84. The molecule has 3 nitrogen and oxygen atoms in total. The van der Waals surface area contributed by atoms with Crippen molar-refractivity contribution in [3.63, 3.8) is 0 Å². The Labute approximate surface area is 119 Å². The van der Waals surface area contributed by atoms with Gasteiger partial charge >= 0.3 is 0 Å². The van der Waals surface area contributed by atoms with Crippen molar-refractivity contribution in [1.29, 1.82) is 0 Å². The van der Waals surface area contributed by atoms with Gasteiger partial charge in [0, 0.05) is 12.1 Å². The number of rotatable bonds is 9. The average molecular weight is 271 g/mol. The zero-order chi connectivity index (χ0) is 14.7. The number of nitrogens with one attached hydrogen (secondary N) is 1. The Balaban J connectivity index is 2.32. The van der Waals surface area contributed by atoms with Gasteiger partial charge in [0.2, 0.25) is 0 Å². The van der Waals surface area contributed by atoms with E-state index in [4.69, 9.17) is 9.47 Å². The van der Waals surface area contributed by atoms with Crippen molar-refractivity contribution in [3.05, 3.63) is 0 Å². The molecule has 3 unspecified atom stereocenters. The van der Waals surface area contributed by atoms with Gasteiger partial charge < -0.3 is 14.8 Å². The van der Waals surface area contributed by atoms with Crippen LogP contribution in [0.3, 0.4) is 0 Å². The third-order valence-corrected chi connectivity index (χ3v) is 4.78. The van der Waals surface area contributed by atoms with Crippen molar-refractivity contribution in [2.75, 3.05) is 20.3 Å². The molecule has 3 heteroatoms. The maximum atomic E-state index is 6.15. The van der Waals surface area contributed by atoms with E-state index in [-0.39, 0.29) is 11.1 Å². The van der Waals surface area contributed by atoms with Gasteiger partial charge in [-0.1, -0.05) is 13.8 Å². The molecule has 0 aromatic carbocycles. The van der Waals surface area contributed by atoms with Crippen LogP contribution in [-0.4, -0.2) is 37.5 Å². The van der Waals surface area contributed by atoms with Crippen LogP contribution in [0.25, 0.3) is 0 Å². The minimum Gasteiger partial charge on any atom is -0.375 e. The molecule has 1 rings (SSSR count). The Morgan fingerprint density at radius 1 is 1.26 bits per heavy atom. The number of hydrogen-bond acceptors (Lipinski definition) is 3. The third-order valence-electron chi connectivity index (χ3n) is 4.78. The van der Waals surface area contributed by atoms with Crippen LogP contribution < -0.4 is 5.32 Å². The normalized spacial score (nSPS) is 23.2. The molecular weight excluding hydrogens is 238 g/mol. The molecule has 1 heterocycles. The Morgan fingerprint density at radius 3 is 2.32 bits per heavy atom. The van der Waals surface area contributed by atoms with E-state index in [1.807, 2.05) is 7.05 Å². The fourth-order valence-corrected chi connectivity index (χ4v) is 2.21. The maximum absolute atomic E-state index is 6.15. The Morgan fingerprint density at radius 2 is 1.84 bits per heavy atom. The van der Waals surface area contributed by atoms with E-state index in [0.717, 1.165) is 19.6 Å². The van der Waals surface area contributed by atoms with Crippen LogP contribution in [0.4, 0.5) is 0 Å². The molecule has 0 spiro atoms. The van der Waals surface area contributed by atoms with Crippen LogP contribution in [0, 0.1) is 11.8 Å². The van der Waals surface area contributed by atoms with Crippen molar-refractivity contribution < 1.29 is 9.47 Å². The SMILES string of the molecule is CNC(C)(C)CCOC(C)(C)C(C)CC(C)C1CO1. The fourth-order valence-electron chi connectivity index (χ4n) is 2.21. The van der Waals surface area contributed by atoms with Crippen LogP contribution in [0.15, 0.2) is 0 Å². The summed E-state index contributed by atoms with van der Waals surface area (Å²) in [5, 5.41) is 3.32. The first-order valence-electron chi connectivity index (χ1n) is 7.62. The standard InChI is InChI=1S/C16H33NO2/c1-12(14-11-18-14)10-13(2)16(5,6)19-9-8-15(3,4)17-7/h12-14,17H,8-11H2,1-7H3. The van der Waals surface area contributed by atoms with Gasteiger partial charge in [0.25, 0.3) is 0 Å². The molecule has 0 aromatic rings. The minimum atomic E-state index is -0.0625. The van der Waals surface area contributed by atoms with Gasteiger partial charge in [0.1, 0.15) is 0 Å². The van der Waals surface area contributed by atoms with Crippen molar-refractivity contribution >= 4 is 0 Å². The molecule has 1 N–H and O–H groups in total. The summed E-state index contributed by atoms with van der Waals surface area (Å²) in [6, 6.07) is 0. The highest BCUT2D eigenvalue weighted by Gasteiger charge is 2.35. The first kappa shape index (κ1) is 16.9. The Hall–Kier alpha value is -0.120. The van der Waals surface area contributed by atoms with Gasteiger partial charge in [-0.25, -0.2) is 0 Å². The molecule has 0 radical (unpaired) electrons. The van der Waals surface area contributed by atoms with Gasteiger partial charge in [-0.15, -0.1) is 0 Å². The quantitative estimate of drug-likeness (QED) is 0.654. The average Bonchev–Trinajstić information content (AvgIpc) is 3.12. The predicted molar refractivity (Wildman–Crippen MR) is 80.5 cm³/mol. The second-order valence-corrected chi connectivity index (χ2v) is 7.32. The van der Waals surface area contributed by atoms with E-state index in [2.05, 4.69) is 46.9 Å². The molecule has 0 bridgehead atoms. The van der Waals surface area contributed by atoms with Crippen LogP contribution in [0.1, 0.15) is 54.4 Å². The lowest BCUT2D eigenvalue weighted by atomic mass is 9.84. The van der Waals surface area contributed by atoms with Crippen LogP contribution in [0.5, 0.6) is 0 Å². The van der Waals surface area contributed by atoms with Crippen molar-refractivity contribution in [2.24, 2.45) is 11.8 Å². The molecule has 114 valence electrons. The van der Waals surface area contributed by atoms with Crippen LogP contribution >= 0.6 is 0 Å². The molecule has 1 aliphatic heterocycles. The number of hydrogen-bond donors (Lipinski definition) is 1. The highest BCUT2D eigenvalue weighted by molar-refractivity contribution is 4.84. The van der Waals surface area contributed by atoms with Gasteiger partial charge in [-0.05, 0) is 59.4 Å². The van der Waals surface area contributed by atoms with Gasteiger partial charge in [0.15, 0.2) is 0 Å². The number of ether oxygens (including phenoxy) is 2. The van der Waals surface area contributed by atoms with Gasteiger partial charge in [-0.3, -0.25) is 0 Å². The fraction of sp³-hybridized carbons (Fsp3) is 1.00. The summed E-state index contributed by atoms with van der Waals surface area (Å²) in [6.45, 7) is 15.2. The summed E-state index contributed by atoms with van der Waals surface area (Å²) in [5.41, 5.74) is 0.0848. The molecule has 0 saturated carbocycles. The summed E-state index contributed by atoms with van der Waals surface area (Å²) in [5.74, 6) is 1.19. The van der Waals surface area contributed by atoms with Gasteiger partial charge in [-0.2, -0.15) is 0 Å². The summed E-state index contributed by atoms with van der Waals surface area (Å²) in [4.78, 5) is 0. The van der Waals surface area contributed by atoms with Crippen molar-refractivity contribution in [1.82, 2.24) is 5.32 Å². The van der Waals surface area contributed by atoms with Crippen molar-refractivity contribution in [3.8, 4) is 0 Å². The highest BCUT2D eigenvalue weighted by atomic mass is 16.6. The van der Waals surface area contributed by atoms with E-state index in [1.54, 1.807) is 0 Å². The molecule has 1 saturated heterocycles. The first-order valence-corrected chi connectivity index (χ1v) is 7.62. The minimum absolute atomic E-state index is 0.0625. The predicted octanol–water partition coefficient (Wildman–Crippen LogP) is 3.23. The summed E-state index contributed by atoms with van der Waals surface area (Å²) in [6.07, 6.45) is 2.70. The smallest absolute Gasteiger partial charge is 0.0835 e. The van der Waals surface area contributed by atoms with E-state index >= 15 is 0 Å². The summed E-state index contributed by atoms with van der Waals surface area (Å²) in [7, 11) is 2.01. The molecular formula is C16H33NO2. The molecule has 1 fully saturated rings. The second kappa shape index (κ2) is 6.55. The lowest BCUT2D eigenvalue weighted by Gasteiger charge is -2.35. The van der Waals surface area contributed by atoms with E-state index in [1.165, 1.54) is 6.42 Å². The summed E-state index contributed by atoms with van der Waals surface area (Å²) >= 11 is 0. The second-order valence-electron chi connectivity index (χ2n) is 7.32. The van der Waals surface area contributed by atoms with Gasteiger partial charge in [0.05, 0.1) is 18.3 Å². The summed E-state index contributed by atoms with van der Waals surface area (Å²) < 4.78 is 11.5. The zero-order valence-electron chi connectivity index (χ0n) is 13.9. The molecule has 0 amide bonds. The van der Waals surface area contributed by atoms with E-state index in [9.17, 15) is 0 Å². The third kappa shape index (κ3) is 5.80. The lowest BCUT2D eigenvalue weighted by Crippen LogP contribution is -2.40. The monoisotopic (exact) mass is 271 g/mol. The number of epoxide rings is 1. The van der Waals surface area contributed by atoms with Crippen molar-refractivity contribution in [2.45, 2.75) is 71.6 Å². The molecule has 3 atom stereocenters. The highest BCUT2D eigenvalue weighted by Crippen LogP contribution is 2.32. The molecule has 1 aliphatic rings. The lowest BCUT2D eigenvalue weighted by molar-refractivity contribution is -0.0665. The molecule has 0 aliphatic carbocycles. The first-order chi connectivity index (χ1) is 8.68. The maximum Gasteiger partial charge on any atom is 0.0835 e. The largest absolute Gasteiger partial charge is 0.375 e. The molecule has 0 aromatic heterocycles. The van der Waals surface area contributed by atoms with E-state index < -0.39 is 0 Å². The van der Waals surface area contributed by atoms with Crippen LogP contribution in [-0.2, 0) is 9.47 Å². The van der Waals surface area contributed by atoms with E-state index in [0.29, 0.717) is 17.9 Å². The Bertz CT molecular complexity index is 272. The zero-order valence-corrected chi connectivity index (χ0v) is 13.9.